The number of methoxy groups -OCH3 is 2. The number of likely N-dealkylation sites (tertiary alicyclic amines) is 1. The molecule has 1 aliphatic heterocycles. The van der Waals surface area contributed by atoms with Crippen LogP contribution < -0.4 is 14.8 Å². The highest BCUT2D eigenvalue weighted by Gasteiger charge is 2.16. The first-order valence-electron chi connectivity index (χ1n) is 8.78. The molecule has 1 saturated heterocycles. The van der Waals surface area contributed by atoms with E-state index in [4.69, 9.17) is 9.47 Å². The van der Waals surface area contributed by atoms with Gasteiger partial charge in [0, 0.05) is 13.0 Å². The standard InChI is InChI=1S/C19H30N2O3/c1-21-12-9-15(10-13-21)8-11-20-19(22)7-5-16-4-6-17(23-2)18(14-16)24-3/h4,6,14-15H,5,7-13H2,1-3H3,(H,20,22). The Morgan fingerprint density at radius 2 is 1.92 bits per heavy atom. The number of ether oxygens (including phenoxy) is 2. The predicted octanol–water partition coefficient (Wildman–Crippen LogP) is 2.48. The Morgan fingerprint density at radius 1 is 1.21 bits per heavy atom. The third-order valence-corrected chi connectivity index (χ3v) is 4.80. The Morgan fingerprint density at radius 3 is 2.58 bits per heavy atom. The van der Waals surface area contributed by atoms with Crippen molar-refractivity contribution in [2.24, 2.45) is 5.92 Å². The Hall–Kier alpha value is -1.75. The van der Waals surface area contributed by atoms with Crippen LogP contribution in [0.5, 0.6) is 11.5 Å². The van der Waals surface area contributed by atoms with Crippen LogP contribution in [0.2, 0.25) is 0 Å². The maximum Gasteiger partial charge on any atom is 0.220 e. The molecule has 0 radical (unpaired) electrons. The molecular formula is C19H30N2O3. The summed E-state index contributed by atoms with van der Waals surface area (Å²) in [6, 6.07) is 5.80. The van der Waals surface area contributed by atoms with E-state index in [0.29, 0.717) is 24.3 Å². The largest absolute Gasteiger partial charge is 0.493 e. The topological polar surface area (TPSA) is 50.8 Å². The molecule has 134 valence electrons. The Labute approximate surface area is 145 Å². The van der Waals surface area contributed by atoms with Gasteiger partial charge in [-0.25, -0.2) is 0 Å². The molecule has 0 unspecified atom stereocenters. The van der Waals surface area contributed by atoms with Crippen LogP contribution in [0, 0.1) is 5.92 Å². The number of benzene rings is 1. The van der Waals surface area contributed by atoms with Crippen LogP contribution in [0.3, 0.4) is 0 Å². The second-order valence-electron chi connectivity index (χ2n) is 6.57. The van der Waals surface area contributed by atoms with Crippen LogP contribution in [-0.4, -0.2) is 51.7 Å². The molecule has 1 heterocycles. The highest BCUT2D eigenvalue weighted by atomic mass is 16.5. The number of carbonyl (C=O) groups excluding carboxylic acids is 1. The molecule has 24 heavy (non-hydrogen) atoms. The van der Waals surface area contributed by atoms with Crippen molar-refractivity contribution in [2.75, 3.05) is 40.9 Å². The van der Waals surface area contributed by atoms with E-state index in [2.05, 4.69) is 17.3 Å². The lowest BCUT2D eigenvalue weighted by Crippen LogP contribution is -2.32. The summed E-state index contributed by atoms with van der Waals surface area (Å²) >= 11 is 0. The third-order valence-electron chi connectivity index (χ3n) is 4.80. The molecule has 1 fully saturated rings. The number of hydrogen-bond donors (Lipinski definition) is 1. The fraction of sp³-hybridized carbons (Fsp3) is 0.632. The van der Waals surface area contributed by atoms with Gasteiger partial charge in [-0.1, -0.05) is 6.07 Å². The third kappa shape index (κ3) is 5.71. The van der Waals surface area contributed by atoms with Gasteiger partial charge < -0.3 is 19.7 Å². The van der Waals surface area contributed by atoms with Crippen molar-refractivity contribution in [1.29, 1.82) is 0 Å². The molecule has 0 aromatic heterocycles. The summed E-state index contributed by atoms with van der Waals surface area (Å²) in [5.41, 5.74) is 1.08. The maximum absolute atomic E-state index is 12.0. The fourth-order valence-electron chi connectivity index (χ4n) is 3.15. The number of amides is 1. The molecule has 2 rings (SSSR count). The van der Waals surface area contributed by atoms with Gasteiger partial charge >= 0.3 is 0 Å². The van der Waals surface area contributed by atoms with Crippen molar-refractivity contribution >= 4 is 5.91 Å². The summed E-state index contributed by atoms with van der Waals surface area (Å²) < 4.78 is 10.5. The first-order chi connectivity index (χ1) is 11.6. The number of nitrogens with one attached hydrogen (secondary N) is 1. The number of piperidine rings is 1. The molecule has 0 bridgehead atoms. The zero-order valence-electron chi connectivity index (χ0n) is 15.1. The van der Waals surface area contributed by atoms with E-state index in [-0.39, 0.29) is 5.91 Å². The molecule has 0 aliphatic carbocycles. The highest BCUT2D eigenvalue weighted by Crippen LogP contribution is 2.27. The van der Waals surface area contributed by atoms with Gasteiger partial charge in [-0.2, -0.15) is 0 Å². The predicted molar refractivity (Wildman–Crippen MR) is 95.7 cm³/mol. The first-order valence-corrected chi connectivity index (χ1v) is 8.78. The lowest BCUT2D eigenvalue weighted by atomic mass is 9.94. The normalized spacial score (nSPS) is 16.0. The SMILES string of the molecule is COc1ccc(CCC(=O)NCCC2CCN(C)CC2)cc1OC. The first kappa shape index (κ1) is 18.6. The van der Waals surface area contributed by atoms with E-state index in [1.54, 1.807) is 14.2 Å². The molecular weight excluding hydrogens is 304 g/mol. The molecule has 5 heteroatoms. The zero-order valence-corrected chi connectivity index (χ0v) is 15.1. The van der Waals surface area contributed by atoms with E-state index in [1.807, 2.05) is 18.2 Å². The number of aryl methyl sites for hydroxylation is 1. The van der Waals surface area contributed by atoms with Crippen LogP contribution in [0.4, 0.5) is 0 Å². The minimum atomic E-state index is 0.123. The van der Waals surface area contributed by atoms with E-state index in [9.17, 15) is 4.79 Å². The van der Waals surface area contributed by atoms with Crippen LogP contribution in [0.15, 0.2) is 18.2 Å². The van der Waals surface area contributed by atoms with Crippen LogP contribution in [0.25, 0.3) is 0 Å². The number of carbonyl (C=O) groups is 1. The van der Waals surface area contributed by atoms with E-state index >= 15 is 0 Å². The summed E-state index contributed by atoms with van der Waals surface area (Å²) in [4.78, 5) is 14.4. The molecule has 1 aromatic carbocycles. The highest BCUT2D eigenvalue weighted by molar-refractivity contribution is 5.76. The molecule has 1 N–H and O–H groups in total. The van der Waals surface area contributed by atoms with Crippen molar-refractivity contribution in [3.8, 4) is 11.5 Å². The quantitative estimate of drug-likeness (QED) is 0.793. The number of hydrogen-bond acceptors (Lipinski definition) is 4. The lowest BCUT2D eigenvalue weighted by molar-refractivity contribution is -0.121. The van der Waals surface area contributed by atoms with Crippen molar-refractivity contribution in [1.82, 2.24) is 10.2 Å². The monoisotopic (exact) mass is 334 g/mol. The minimum absolute atomic E-state index is 0.123. The van der Waals surface area contributed by atoms with Gasteiger partial charge in [0.05, 0.1) is 14.2 Å². The number of rotatable bonds is 8. The smallest absolute Gasteiger partial charge is 0.220 e. The second kappa shape index (κ2) is 9.52. The van der Waals surface area contributed by atoms with Crippen LogP contribution in [-0.2, 0) is 11.2 Å². The van der Waals surface area contributed by atoms with Gasteiger partial charge in [0.1, 0.15) is 0 Å². The molecule has 0 spiro atoms. The van der Waals surface area contributed by atoms with Gasteiger partial charge in [0.2, 0.25) is 5.91 Å². The Bertz CT molecular complexity index is 525. The Kier molecular flexibility index (Phi) is 7.37. The van der Waals surface area contributed by atoms with Crippen molar-refractivity contribution in [2.45, 2.75) is 32.1 Å². The van der Waals surface area contributed by atoms with Gasteiger partial charge in [-0.15, -0.1) is 0 Å². The molecule has 1 amide bonds. The van der Waals surface area contributed by atoms with Gasteiger partial charge in [-0.3, -0.25) is 4.79 Å². The van der Waals surface area contributed by atoms with E-state index < -0.39 is 0 Å². The summed E-state index contributed by atoms with van der Waals surface area (Å²) in [6.45, 7) is 3.15. The summed E-state index contributed by atoms with van der Waals surface area (Å²) in [7, 11) is 5.42. The summed E-state index contributed by atoms with van der Waals surface area (Å²) in [5.74, 6) is 2.30. The molecule has 0 atom stereocenters. The lowest BCUT2D eigenvalue weighted by Gasteiger charge is -2.28. The van der Waals surface area contributed by atoms with E-state index in [1.165, 1.54) is 25.9 Å². The molecule has 0 saturated carbocycles. The van der Waals surface area contributed by atoms with Crippen molar-refractivity contribution < 1.29 is 14.3 Å². The second-order valence-corrected chi connectivity index (χ2v) is 6.57. The van der Waals surface area contributed by atoms with Crippen LogP contribution in [0.1, 0.15) is 31.2 Å². The van der Waals surface area contributed by atoms with Gasteiger partial charge in [-0.05, 0) is 69.4 Å². The minimum Gasteiger partial charge on any atom is -0.493 e. The maximum atomic E-state index is 12.0. The van der Waals surface area contributed by atoms with Gasteiger partial charge in [0.25, 0.3) is 0 Å². The molecule has 1 aromatic rings. The van der Waals surface area contributed by atoms with Crippen LogP contribution >= 0.6 is 0 Å². The average molecular weight is 334 g/mol. The van der Waals surface area contributed by atoms with Crippen molar-refractivity contribution in [3.05, 3.63) is 23.8 Å². The Balaban J connectivity index is 1.67. The fourth-order valence-corrected chi connectivity index (χ4v) is 3.15. The average Bonchev–Trinajstić information content (AvgIpc) is 2.61. The van der Waals surface area contributed by atoms with E-state index in [0.717, 1.165) is 24.4 Å². The summed E-state index contributed by atoms with van der Waals surface area (Å²) in [5, 5.41) is 3.05. The molecule has 1 aliphatic rings. The number of nitrogens with zero attached hydrogens (tertiary/aromatic N) is 1. The van der Waals surface area contributed by atoms with Crippen molar-refractivity contribution in [3.63, 3.8) is 0 Å². The summed E-state index contributed by atoms with van der Waals surface area (Å²) in [6.07, 6.45) is 4.80. The molecule has 5 nitrogen and oxygen atoms in total. The van der Waals surface area contributed by atoms with Gasteiger partial charge in [0.15, 0.2) is 11.5 Å². The zero-order chi connectivity index (χ0) is 17.4.